The monoisotopic (exact) mass is 231 g/mol. The summed E-state index contributed by atoms with van der Waals surface area (Å²) < 4.78 is 1.83. The summed E-state index contributed by atoms with van der Waals surface area (Å²) >= 11 is 0. The van der Waals surface area contributed by atoms with E-state index in [-0.39, 0.29) is 0 Å². The third-order valence-corrected chi connectivity index (χ3v) is 3.52. The molecule has 2 aromatic rings. The zero-order chi connectivity index (χ0) is 11.7. The minimum Gasteiger partial charge on any atom is -0.368 e. The van der Waals surface area contributed by atoms with Crippen LogP contribution in [-0.4, -0.2) is 40.8 Å². The van der Waals surface area contributed by atoms with Gasteiger partial charge in [-0.15, -0.1) is 0 Å². The molecule has 3 heterocycles. The van der Waals surface area contributed by atoms with Crippen molar-refractivity contribution in [3.05, 3.63) is 24.7 Å². The first-order valence-electron chi connectivity index (χ1n) is 6.09. The highest BCUT2D eigenvalue weighted by molar-refractivity contribution is 5.68. The Hall–Kier alpha value is -1.62. The third-order valence-electron chi connectivity index (χ3n) is 3.52. The van der Waals surface area contributed by atoms with Crippen molar-refractivity contribution < 1.29 is 0 Å². The molecule has 0 aliphatic carbocycles. The molecular formula is C12H17N5. The topological polar surface area (TPSA) is 45.5 Å². The lowest BCUT2D eigenvalue weighted by Gasteiger charge is -2.33. The molecule has 1 aliphatic rings. The van der Waals surface area contributed by atoms with E-state index in [1.165, 1.54) is 18.5 Å². The molecule has 5 nitrogen and oxygen atoms in total. The van der Waals surface area contributed by atoms with Gasteiger partial charge >= 0.3 is 0 Å². The van der Waals surface area contributed by atoms with E-state index < -0.39 is 0 Å². The van der Waals surface area contributed by atoms with Crippen LogP contribution in [0.25, 0.3) is 5.65 Å². The molecule has 90 valence electrons. The highest BCUT2D eigenvalue weighted by atomic mass is 15.3. The molecule has 1 saturated heterocycles. The van der Waals surface area contributed by atoms with E-state index in [1.54, 1.807) is 6.20 Å². The van der Waals surface area contributed by atoms with Gasteiger partial charge in [-0.1, -0.05) is 0 Å². The number of imidazole rings is 1. The summed E-state index contributed by atoms with van der Waals surface area (Å²) in [4.78, 5) is 6.78. The van der Waals surface area contributed by atoms with Gasteiger partial charge in [-0.25, -0.2) is 9.50 Å². The van der Waals surface area contributed by atoms with Crippen LogP contribution in [0.1, 0.15) is 12.8 Å². The number of nitrogens with one attached hydrogen (secondary N) is 1. The molecule has 1 fully saturated rings. The molecule has 3 rings (SSSR count). The van der Waals surface area contributed by atoms with Crippen LogP contribution in [0, 0.1) is 0 Å². The molecule has 0 radical (unpaired) electrons. The number of nitrogens with zero attached hydrogens (tertiary/aromatic N) is 4. The largest absolute Gasteiger partial charge is 0.368 e. The summed E-state index contributed by atoms with van der Waals surface area (Å²) in [5.41, 5.74) is 2.15. The SMILES string of the molecule is CNC1CCN(c2ccnn3ccnc23)CC1. The summed E-state index contributed by atoms with van der Waals surface area (Å²) in [6.07, 6.45) is 7.90. The van der Waals surface area contributed by atoms with Crippen molar-refractivity contribution in [2.45, 2.75) is 18.9 Å². The van der Waals surface area contributed by atoms with Gasteiger partial charge in [0.05, 0.1) is 11.9 Å². The van der Waals surface area contributed by atoms with Crippen LogP contribution < -0.4 is 10.2 Å². The Kier molecular flexibility index (Phi) is 2.68. The van der Waals surface area contributed by atoms with Crippen molar-refractivity contribution in [3.63, 3.8) is 0 Å². The van der Waals surface area contributed by atoms with Gasteiger partial charge < -0.3 is 10.2 Å². The molecule has 0 unspecified atom stereocenters. The summed E-state index contributed by atoms with van der Waals surface area (Å²) in [5, 5.41) is 7.59. The normalized spacial score (nSPS) is 17.8. The highest BCUT2D eigenvalue weighted by Crippen LogP contribution is 2.22. The van der Waals surface area contributed by atoms with Gasteiger partial charge in [-0.2, -0.15) is 5.10 Å². The van der Waals surface area contributed by atoms with Gasteiger partial charge in [0.1, 0.15) is 0 Å². The zero-order valence-corrected chi connectivity index (χ0v) is 10.0. The van der Waals surface area contributed by atoms with E-state index in [9.17, 15) is 0 Å². The van der Waals surface area contributed by atoms with Crippen LogP contribution in [0.4, 0.5) is 5.69 Å². The van der Waals surface area contributed by atoms with Crippen LogP contribution in [0.2, 0.25) is 0 Å². The maximum Gasteiger partial charge on any atom is 0.177 e. The van der Waals surface area contributed by atoms with Crippen LogP contribution in [0.3, 0.4) is 0 Å². The van der Waals surface area contributed by atoms with E-state index >= 15 is 0 Å². The number of anilines is 1. The van der Waals surface area contributed by atoms with Crippen molar-refractivity contribution in [2.75, 3.05) is 25.0 Å². The van der Waals surface area contributed by atoms with E-state index in [0.717, 1.165) is 18.7 Å². The maximum atomic E-state index is 4.38. The van der Waals surface area contributed by atoms with Gasteiger partial charge in [0.25, 0.3) is 0 Å². The van der Waals surface area contributed by atoms with Crippen molar-refractivity contribution in [1.82, 2.24) is 19.9 Å². The van der Waals surface area contributed by atoms with Gasteiger partial charge in [-0.3, -0.25) is 0 Å². The van der Waals surface area contributed by atoms with Crippen molar-refractivity contribution >= 4 is 11.3 Å². The molecule has 1 N–H and O–H groups in total. The van der Waals surface area contributed by atoms with E-state index in [2.05, 4.69) is 26.4 Å². The van der Waals surface area contributed by atoms with E-state index in [0.29, 0.717) is 6.04 Å². The smallest absolute Gasteiger partial charge is 0.177 e. The lowest BCUT2D eigenvalue weighted by Crippen LogP contribution is -2.41. The third kappa shape index (κ3) is 1.86. The minimum absolute atomic E-state index is 0.656. The number of hydrogen-bond acceptors (Lipinski definition) is 4. The fraction of sp³-hybridized carbons (Fsp3) is 0.500. The quantitative estimate of drug-likeness (QED) is 0.834. The average molecular weight is 231 g/mol. The maximum absolute atomic E-state index is 4.38. The Bertz CT molecular complexity index is 498. The lowest BCUT2D eigenvalue weighted by atomic mass is 10.1. The van der Waals surface area contributed by atoms with Crippen molar-refractivity contribution in [3.8, 4) is 0 Å². The zero-order valence-electron chi connectivity index (χ0n) is 10.0. The predicted molar refractivity (Wildman–Crippen MR) is 67.3 cm³/mol. The Morgan fingerprint density at radius 2 is 2.12 bits per heavy atom. The van der Waals surface area contributed by atoms with Crippen LogP contribution in [0.5, 0.6) is 0 Å². The van der Waals surface area contributed by atoms with Gasteiger partial charge in [0, 0.05) is 31.5 Å². The first-order valence-corrected chi connectivity index (χ1v) is 6.09. The molecule has 17 heavy (non-hydrogen) atoms. The summed E-state index contributed by atoms with van der Waals surface area (Å²) in [6.45, 7) is 2.16. The molecule has 1 aliphatic heterocycles. The molecule has 0 amide bonds. The van der Waals surface area contributed by atoms with Gasteiger partial charge in [0.15, 0.2) is 5.65 Å². The molecule has 2 aromatic heterocycles. The Labute approximate surface area is 100 Å². The molecule has 5 heteroatoms. The average Bonchev–Trinajstić information content (AvgIpc) is 2.87. The molecule has 0 spiro atoms. The molecule has 0 bridgehead atoms. The number of aromatic nitrogens is 3. The number of fused-ring (bicyclic) bond motifs is 1. The van der Waals surface area contributed by atoms with Crippen LogP contribution in [-0.2, 0) is 0 Å². The minimum atomic E-state index is 0.656. The Morgan fingerprint density at radius 3 is 2.88 bits per heavy atom. The summed E-state index contributed by atoms with van der Waals surface area (Å²) in [5.74, 6) is 0. The molecule has 0 atom stereocenters. The standard InChI is InChI=1S/C12H17N5/c1-13-10-3-7-16(8-4-10)11-2-5-15-17-9-6-14-12(11)17/h2,5-6,9-10,13H,3-4,7-8H2,1H3. The van der Waals surface area contributed by atoms with Crippen molar-refractivity contribution in [2.24, 2.45) is 0 Å². The molecule has 0 saturated carbocycles. The van der Waals surface area contributed by atoms with Crippen molar-refractivity contribution in [1.29, 1.82) is 0 Å². The Balaban J connectivity index is 1.87. The van der Waals surface area contributed by atoms with Crippen LogP contribution >= 0.6 is 0 Å². The second-order valence-electron chi connectivity index (χ2n) is 4.46. The first-order chi connectivity index (χ1) is 8.38. The first kappa shape index (κ1) is 10.5. The van der Waals surface area contributed by atoms with Gasteiger partial charge in [-0.05, 0) is 26.0 Å². The summed E-state index contributed by atoms with van der Waals surface area (Å²) in [6, 6.07) is 2.71. The fourth-order valence-electron chi connectivity index (χ4n) is 2.48. The lowest BCUT2D eigenvalue weighted by molar-refractivity contribution is 0.442. The second-order valence-corrected chi connectivity index (χ2v) is 4.46. The molecule has 0 aromatic carbocycles. The highest BCUT2D eigenvalue weighted by Gasteiger charge is 2.19. The van der Waals surface area contributed by atoms with Gasteiger partial charge in [0.2, 0.25) is 0 Å². The fourth-order valence-corrected chi connectivity index (χ4v) is 2.48. The van der Waals surface area contributed by atoms with Crippen LogP contribution in [0.15, 0.2) is 24.7 Å². The van der Waals surface area contributed by atoms with E-state index in [4.69, 9.17) is 0 Å². The Morgan fingerprint density at radius 1 is 1.29 bits per heavy atom. The number of hydrogen-bond donors (Lipinski definition) is 1. The second kappa shape index (κ2) is 4.33. The number of rotatable bonds is 2. The van der Waals surface area contributed by atoms with E-state index in [1.807, 2.05) is 24.0 Å². The predicted octanol–water partition coefficient (Wildman–Crippen LogP) is 0.917. The summed E-state index contributed by atoms with van der Waals surface area (Å²) in [7, 11) is 2.04. The molecular weight excluding hydrogens is 214 g/mol. The number of piperidine rings is 1.